The second kappa shape index (κ2) is 6.35. The van der Waals surface area contributed by atoms with Gasteiger partial charge in [-0.05, 0) is 30.4 Å². The third kappa shape index (κ3) is 4.11. The lowest BCUT2D eigenvalue weighted by Crippen LogP contribution is -2.48. The molecule has 0 spiro atoms. The molecule has 0 amide bonds. The highest BCUT2D eigenvalue weighted by Gasteiger charge is 2.15. The quantitative estimate of drug-likeness (QED) is 0.878. The van der Waals surface area contributed by atoms with Crippen LogP contribution in [-0.4, -0.2) is 30.6 Å². The number of hydrogen-bond acceptors (Lipinski definition) is 2. The van der Waals surface area contributed by atoms with Gasteiger partial charge in [-0.25, -0.2) is 0 Å². The number of hydrogen-bond donors (Lipinski definition) is 1. The highest BCUT2D eigenvalue weighted by Crippen LogP contribution is 2.12. The average molecular weight is 246 g/mol. The summed E-state index contributed by atoms with van der Waals surface area (Å²) in [4.78, 5) is 2.54. The SMILES string of the molecule is CC(C)Cc1ccc(CN2CCNC(C)C2)cc1. The summed E-state index contributed by atoms with van der Waals surface area (Å²) in [6.07, 6.45) is 1.19. The van der Waals surface area contributed by atoms with E-state index in [0.717, 1.165) is 32.1 Å². The Balaban J connectivity index is 1.89. The predicted octanol–water partition coefficient (Wildman–Crippen LogP) is 2.68. The van der Waals surface area contributed by atoms with Gasteiger partial charge < -0.3 is 5.32 Å². The van der Waals surface area contributed by atoms with Crippen LogP contribution in [0.5, 0.6) is 0 Å². The molecule has 1 atom stereocenters. The Morgan fingerprint density at radius 3 is 2.50 bits per heavy atom. The molecule has 100 valence electrons. The first-order valence-electron chi connectivity index (χ1n) is 7.17. The van der Waals surface area contributed by atoms with Gasteiger partial charge in [-0.3, -0.25) is 4.90 Å². The number of nitrogens with zero attached hydrogens (tertiary/aromatic N) is 1. The first-order chi connectivity index (χ1) is 8.63. The Kier molecular flexibility index (Phi) is 4.79. The van der Waals surface area contributed by atoms with Crippen LogP contribution in [0.4, 0.5) is 0 Å². The molecule has 0 aliphatic carbocycles. The normalized spacial score (nSPS) is 21.4. The van der Waals surface area contributed by atoms with Crippen molar-refractivity contribution >= 4 is 0 Å². The van der Waals surface area contributed by atoms with E-state index in [1.54, 1.807) is 0 Å². The highest BCUT2D eigenvalue weighted by atomic mass is 15.2. The van der Waals surface area contributed by atoms with Crippen LogP contribution in [0.15, 0.2) is 24.3 Å². The van der Waals surface area contributed by atoms with Crippen LogP contribution in [0.25, 0.3) is 0 Å². The summed E-state index contributed by atoms with van der Waals surface area (Å²) in [5.41, 5.74) is 2.90. The highest BCUT2D eigenvalue weighted by molar-refractivity contribution is 5.22. The fourth-order valence-corrected chi connectivity index (χ4v) is 2.67. The van der Waals surface area contributed by atoms with Gasteiger partial charge in [0.2, 0.25) is 0 Å². The Labute approximate surface area is 111 Å². The van der Waals surface area contributed by atoms with Crippen LogP contribution >= 0.6 is 0 Å². The molecule has 2 nitrogen and oxygen atoms in total. The van der Waals surface area contributed by atoms with Crippen molar-refractivity contribution in [3.8, 4) is 0 Å². The minimum atomic E-state index is 0.624. The average Bonchev–Trinajstić information content (AvgIpc) is 2.31. The Morgan fingerprint density at radius 1 is 1.22 bits per heavy atom. The Morgan fingerprint density at radius 2 is 1.89 bits per heavy atom. The van der Waals surface area contributed by atoms with Crippen LogP contribution in [0.3, 0.4) is 0 Å². The summed E-state index contributed by atoms with van der Waals surface area (Å²) in [5, 5.41) is 3.49. The van der Waals surface area contributed by atoms with E-state index in [2.05, 4.69) is 55.3 Å². The van der Waals surface area contributed by atoms with Crippen molar-refractivity contribution < 1.29 is 0 Å². The lowest BCUT2D eigenvalue weighted by molar-refractivity contribution is 0.199. The molecule has 1 N–H and O–H groups in total. The number of piperazine rings is 1. The van der Waals surface area contributed by atoms with Crippen molar-refractivity contribution in [2.45, 2.75) is 39.8 Å². The molecule has 2 rings (SSSR count). The van der Waals surface area contributed by atoms with Crippen LogP contribution in [-0.2, 0) is 13.0 Å². The molecule has 2 heteroatoms. The molecule has 1 unspecified atom stereocenters. The van der Waals surface area contributed by atoms with Crippen LogP contribution < -0.4 is 5.32 Å². The minimum Gasteiger partial charge on any atom is -0.312 e. The zero-order valence-corrected chi connectivity index (χ0v) is 11.9. The van der Waals surface area contributed by atoms with E-state index in [0.29, 0.717) is 6.04 Å². The predicted molar refractivity (Wildman–Crippen MR) is 77.7 cm³/mol. The van der Waals surface area contributed by atoms with Crippen LogP contribution in [0.2, 0.25) is 0 Å². The van der Waals surface area contributed by atoms with Gasteiger partial charge in [0.25, 0.3) is 0 Å². The molecule has 1 aliphatic rings. The van der Waals surface area contributed by atoms with Gasteiger partial charge in [-0.15, -0.1) is 0 Å². The fraction of sp³-hybridized carbons (Fsp3) is 0.625. The molecule has 1 aromatic rings. The molecule has 0 bridgehead atoms. The number of rotatable bonds is 4. The molecule has 1 aromatic carbocycles. The Hall–Kier alpha value is -0.860. The smallest absolute Gasteiger partial charge is 0.0234 e. The zero-order chi connectivity index (χ0) is 13.0. The molecule has 0 radical (unpaired) electrons. The number of benzene rings is 1. The summed E-state index contributed by atoms with van der Waals surface area (Å²) in [6, 6.07) is 9.80. The lowest BCUT2D eigenvalue weighted by atomic mass is 10.0. The van der Waals surface area contributed by atoms with Gasteiger partial charge in [0, 0.05) is 32.2 Å². The van der Waals surface area contributed by atoms with Gasteiger partial charge in [-0.2, -0.15) is 0 Å². The standard InChI is InChI=1S/C16H26N2/c1-13(2)10-15-4-6-16(7-5-15)12-18-9-8-17-14(3)11-18/h4-7,13-14,17H,8-12H2,1-3H3. The Bertz CT molecular complexity index is 356. The summed E-state index contributed by atoms with van der Waals surface area (Å²) in [6.45, 7) is 11.3. The van der Waals surface area contributed by atoms with Crippen molar-refractivity contribution in [1.82, 2.24) is 10.2 Å². The third-order valence-electron chi connectivity index (χ3n) is 3.53. The van der Waals surface area contributed by atoms with Gasteiger partial charge in [0.1, 0.15) is 0 Å². The van der Waals surface area contributed by atoms with E-state index in [1.165, 1.54) is 17.5 Å². The second-order valence-corrected chi connectivity index (χ2v) is 6.00. The van der Waals surface area contributed by atoms with E-state index in [4.69, 9.17) is 0 Å². The van der Waals surface area contributed by atoms with Crippen molar-refractivity contribution in [3.05, 3.63) is 35.4 Å². The summed E-state index contributed by atoms with van der Waals surface area (Å²) in [5.74, 6) is 0.741. The molecule has 0 aromatic heterocycles. The molecule has 0 saturated carbocycles. The van der Waals surface area contributed by atoms with Gasteiger partial charge in [0.15, 0.2) is 0 Å². The van der Waals surface area contributed by atoms with Crippen molar-refractivity contribution in [1.29, 1.82) is 0 Å². The van der Waals surface area contributed by atoms with Gasteiger partial charge in [0.05, 0.1) is 0 Å². The molecular formula is C16H26N2. The van der Waals surface area contributed by atoms with E-state index >= 15 is 0 Å². The van der Waals surface area contributed by atoms with Gasteiger partial charge in [-0.1, -0.05) is 38.1 Å². The second-order valence-electron chi connectivity index (χ2n) is 6.00. The van der Waals surface area contributed by atoms with E-state index < -0.39 is 0 Å². The molecule has 18 heavy (non-hydrogen) atoms. The maximum atomic E-state index is 3.49. The topological polar surface area (TPSA) is 15.3 Å². The van der Waals surface area contributed by atoms with Crippen LogP contribution in [0.1, 0.15) is 31.9 Å². The monoisotopic (exact) mass is 246 g/mol. The fourth-order valence-electron chi connectivity index (χ4n) is 2.67. The third-order valence-corrected chi connectivity index (χ3v) is 3.53. The maximum absolute atomic E-state index is 3.49. The number of nitrogens with one attached hydrogen (secondary N) is 1. The first kappa shape index (κ1) is 13.6. The summed E-state index contributed by atoms with van der Waals surface area (Å²) in [7, 11) is 0. The van der Waals surface area contributed by atoms with Crippen molar-refractivity contribution in [3.63, 3.8) is 0 Å². The van der Waals surface area contributed by atoms with E-state index in [1.807, 2.05) is 0 Å². The molecule has 1 heterocycles. The lowest BCUT2D eigenvalue weighted by Gasteiger charge is -2.31. The molecule has 1 fully saturated rings. The summed E-state index contributed by atoms with van der Waals surface area (Å²) < 4.78 is 0. The molecular weight excluding hydrogens is 220 g/mol. The zero-order valence-electron chi connectivity index (χ0n) is 11.9. The van der Waals surface area contributed by atoms with Crippen molar-refractivity contribution in [2.75, 3.05) is 19.6 Å². The van der Waals surface area contributed by atoms with E-state index in [-0.39, 0.29) is 0 Å². The largest absolute Gasteiger partial charge is 0.312 e. The molecule has 1 aliphatic heterocycles. The summed E-state index contributed by atoms with van der Waals surface area (Å²) >= 11 is 0. The van der Waals surface area contributed by atoms with E-state index in [9.17, 15) is 0 Å². The minimum absolute atomic E-state index is 0.624. The maximum Gasteiger partial charge on any atom is 0.0234 e. The van der Waals surface area contributed by atoms with Crippen molar-refractivity contribution in [2.24, 2.45) is 5.92 Å². The first-order valence-corrected chi connectivity index (χ1v) is 7.17. The van der Waals surface area contributed by atoms with Crippen LogP contribution in [0, 0.1) is 5.92 Å². The van der Waals surface area contributed by atoms with Gasteiger partial charge >= 0.3 is 0 Å². The molecule has 1 saturated heterocycles.